The highest BCUT2D eigenvalue weighted by atomic mass is 32.2. The van der Waals surface area contributed by atoms with Gasteiger partial charge in [0.05, 0.1) is 39.4 Å². The van der Waals surface area contributed by atoms with Crippen LogP contribution in [0.5, 0.6) is 0 Å². The van der Waals surface area contributed by atoms with Gasteiger partial charge in [-0.15, -0.1) is 0 Å². The summed E-state index contributed by atoms with van der Waals surface area (Å²) in [5.74, 6) is 0.836. The molecular weight excluding hydrogens is 388 g/mol. The van der Waals surface area contributed by atoms with Crippen molar-refractivity contribution in [2.75, 3.05) is 6.61 Å². The van der Waals surface area contributed by atoms with Crippen molar-refractivity contribution in [1.29, 1.82) is 0 Å². The Morgan fingerprint density at radius 3 is 2.28 bits per heavy atom. The molecule has 1 aromatic heterocycles. The van der Waals surface area contributed by atoms with Crippen LogP contribution in [-0.4, -0.2) is 45.1 Å². The number of aliphatic hydroxyl groups is 2. The molecule has 1 heterocycles. The van der Waals surface area contributed by atoms with Gasteiger partial charge in [0.1, 0.15) is 5.82 Å². The van der Waals surface area contributed by atoms with Crippen LogP contribution in [0.25, 0.3) is 11.0 Å². The maximum atomic E-state index is 13.0. The van der Waals surface area contributed by atoms with Gasteiger partial charge in [0.25, 0.3) is 0 Å². The van der Waals surface area contributed by atoms with Crippen molar-refractivity contribution in [3.05, 3.63) is 24.0 Å². The zero-order valence-electron chi connectivity index (χ0n) is 18.2. The van der Waals surface area contributed by atoms with Crippen molar-refractivity contribution in [1.82, 2.24) is 9.55 Å². The highest BCUT2D eigenvalue weighted by molar-refractivity contribution is 7.92. The molecule has 2 N–H and O–H groups in total. The maximum Gasteiger partial charge on any atom is 0.185 e. The summed E-state index contributed by atoms with van der Waals surface area (Å²) in [5, 5.41) is 20.7. The summed E-state index contributed by atoms with van der Waals surface area (Å²) in [6.07, 6.45) is 4.74. The van der Waals surface area contributed by atoms with Gasteiger partial charge >= 0.3 is 0 Å². The predicted octanol–water partition coefficient (Wildman–Crippen LogP) is 3.57. The number of aliphatic hydroxyl groups excluding tert-OH is 1. The van der Waals surface area contributed by atoms with Crippen LogP contribution in [0, 0.1) is 0 Å². The molecule has 1 saturated carbocycles. The van der Waals surface area contributed by atoms with E-state index in [9.17, 15) is 18.6 Å². The number of fused-ring (bicyclic) bond motifs is 1. The first-order valence-corrected chi connectivity index (χ1v) is 11.9. The lowest BCUT2D eigenvalue weighted by Gasteiger charge is -2.34. The lowest BCUT2D eigenvalue weighted by Crippen LogP contribution is -2.37. The predicted molar refractivity (Wildman–Crippen MR) is 115 cm³/mol. The van der Waals surface area contributed by atoms with Crippen molar-refractivity contribution >= 4 is 20.9 Å². The Morgan fingerprint density at radius 1 is 1.10 bits per heavy atom. The molecule has 0 aliphatic heterocycles. The van der Waals surface area contributed by atoms with Crippen LogP contribution < -0.4 is 0 Å². The Kier molecular flexibility index (Phi) is 5.65. The fourth-order valence-electron chi connectivity index (χ4n) is 4.08. The van der Waals surface area contributed by atoms with E-state index in [0.717, 1.165) is 43.4 Å². The molecule has 1 aliphatic rings. The highest BCUT2D eigenvalue weighted by Gasteiger charge is 2.37. The fourth-order valence-corrected chi connectivity index (χ4v) is 5.40. The zero-order chi connectivity index (χ0) is 21.7. The second-order valence-corrected chi connectivity index (χ2v) is 12.7. The molecule has 1 aliphatic carbocycles. The van der Waals surface area contributed by atoms with Crippen molar-refractivity contribution in [2.24, 2.45) is 0 Å². The van der Waals surface area contributed by atoms with Crippen LogP contribution in [0.1, 0.15) is 72.5 Å². The molecule has 1 fully saturated rings. The van der Waals surface area contributed by atoms with Crippen LogP contribution in [0.15, 0.2) is 23.1 Å². The van der Waals surface area contributed by atoms with E-state index < -0.39 is 26.8 Å². The zero-order valence-corrected chi connectivity index (χ0v) is 19.0. The van der Waals surface area contributed by atoms with Crippen LogP contribution in [0.4, 0.5) is 0 Å². The number of rotatable bonds is 5. The molecule has 0 amide bonds. The third-order valence-corrected chi connectivity index (χ3v) is 8.50. The number of benzene rings is 1. The van der Waals surface area contributed by atoms with Gasteiger partial charge < -0.3 is 14.8 Å². The quantitative estimate of drug-likeness (QED) is 0.768. The van der Waals surface area contributed by atoms with Crippen molar-refractivity contribution in [3.8, 4) is 0 Å². The summed E-state index contributed by atoms with van der Waals surface area (Å²) in [4.78, 5) is 4.95. The molecule has 0 radical (unpaired) electrons. The van der Waals surface area contributed by atoms with Crippen LogP contribution in [0.3, 0.4) is 0 Å². The van der Waals surface area contributed by atoms with E-state index in [4.69, 9.17) is 4.98 Å². The molecule has 2 aromatic rings. The molecular formula is C22H34N2O4S. The molecule has 29 heavy (non-hydrogen) atoms. The summed E-state index contributed by atoms with van der Waals surface area (Å²) in [6, 6.07) is 4.97. The molecule has 0 spiro atoms. The summed E-state index contributed by atoms with van der Waals surface area (Å²) < 4.78 is 26.7. The summed E-state index contributed by atoms with van der Waals surface area (Å²) >= 11 is 0. The van der Waals surface area contributed by atoms with E-state index in [-0.39, 0.29) is 10.3 Å². The third kappa shape index (κ3) is 4.09. The first-order chi connectivity index (χ1) is 13.3. The topological polar surface area (TPSA) is 92.4 Å². The molecule has 1 aromatic carbocycles. The Morgan fingerprint density at radius 2 is 1.72 bits per heavy atom. The number of imidazole rings is 1. The van der Waals surface area contributed by atoms with Gasteiger partial charge in [-0.3, -0.25) is 0 Å². The standard InChI is InChI=1S/C22H34N2O4S/c1-20(2,3)19-23-17-13-16(29(27,28)21(4,5)15-25)9-10-18(17)24(19)14-22(26)11-7-6-8-12-22/h9-10,13,25-26H,6-8,11-12,14-15H2,1-5H3. The molecule has 3 rings (SSSR count). The van der Waals surface area contributed by atoms with Gasteiger partial charge in [-0.1, -0.05) is 40.0 Å². The summed E-state index contributed by atoms with van der Waals surface area (Å²) in [6.45, 7) is 9.26. The smallest absolute Gasteiger partial charge is 0.185 e. The van der Waals surface area contributed by atoms with Crippen LogP contribution >= 0.6 is 0 Å². The fraction of sp³-hybridized carbons (Fsp3) is 0.682. The molecule has 0 saturated heterocycles. The van der Waals surface area contributed by atoms with E-state index in [1.165, 1.54) is 13.8 Å². The Bertz CT molecular complexity index is 994. The van der Waals surface area contributed by atoms with Crippen molar-refractivity contribution < 1.29 is 18.6 Å². The third-order valence-electron chi connectivity index (χ3n) is 6.05. The number of sulfone groups is 1. The first-order valence-electron chi connectivity index (χ1n) is 10.4. The van der Waals surface area contributed by atoms with Gasteiger partial charge in [0.15, 0.2) is 9.84 Å². The lowest BCUT2D eigenvalue weighted by molar-refractivity contribution is -0.0116. The second kappa shape index (κ2) is 7.36. The Balaban J connectivity index is 2.14. The van der Waals surface area contributed by atoms with Gasteiger partial charge in [-0.25, -0.2) is 13.4 Å². The SMILES string of the molecule is CC(C)(C)c1nc2cc(S(=O)(=O)C(C)(C)CO)ccc2n1CC1(O)CCCCC1. The van der Waals surface area contributed by atoms with Gasteiger partial charge in [0, 0.05) is 5.41 Å². The number of hydrogen-bond donors (Lipinski definition) is 2. The lowest BCUT2D eigenvalue weighted by atomic mass is 9.84. The van der Waals surface area contributed by atoms with Crippen molar-refractivity contribution in [3.63, 3.8) is 0 Å². The van der Waals surface area contributed by atoms with E-state index in [1.54, 1.807) is 18.2 Å². The normalized spacial score (nSPS) is 18.3. The largest absolute Gasteiger partial charge is 0.395 e. The van der Waals surface area contributed by atoms with Crippen molar-refractivity contribution in [2.45, 2.75) is 93.9 Å². The first kappa shape index (κ1) is 22.2. The number of aromatic nitrogens is 2. The van der Waals surface area contributed by atoms with E-state index in [1.807, 2.05) is 0 Å². The summed E-state index contributed by atoms with van der Waals surface area (Å²) in [5.41, 5.74) is 0.419. The highest BCUT2D eigenvalue weighted by Crippen LogP contribution is 2.35. The number of nitrogens with zero attached hydrogens (tertiary/aromatic N) is 2. The molecule has 7 heteroatoms. The summed E-state index contributed by atoms with van der Waals surface area (Å²) in [7, 11) is -3.71. The van der Waals surface area contributed by atoms with E-state index in [2.05, 4.69) is 25.3 Å². The monoisotopic (exact) mass is 422 g/mol. The van der Waals surface area contributed by atoms with Crippen LogP contribution in [0.2, 0.25) is 0 Å². The molecule has 0 unspecified atom stereocenters. The second-order valence-electron chi connectivity index (χ2n) is 10.1. The number of hydrogen-bond acceptors (Lipinski definition) is 5. The minimum absolute atomic E-state index is 0.158. The minimum atomic E-state index is -3.71. The van der Waals surface area contributed by atoms with E-state index in [0.29, 0.717) is 12.1 Å². The van der Waals surface area contributed by atoms with Gasteiger partial charge in [-0.05, 0) is 44.9 Å². The minimum Gasteiger partial charge on any atom is -0.395 e. The van der Waals surface area contributed by atoms with Gasteiger partial charge in [-0.2, -0.15) is 0 Å². The molecule has 0 bridgehead atoms. The molecule has 6 nitrogen and oxygen atoms in total. The van der Waals surface area contributed by atoms with E-state index >= 15 is 0 Å². The Hall–Kier alpha value is -1.44. The maximum absolute atomic E-state index is 13.0. The van der Waals surface area contributed by atoms with Crippen LogP contribution in [-0.2, 0) is 21.8 Å². The Labute approximate surface area is 173 Å². The molecule has 0 atom stereocenters. The molecule has 162 valence electrons. The van der Waals surface area contributed by atoms with Gasteiger partial charge in [0.2, 0.25) is 0 Å². The average Bonchev–Trinajstić information content (AvgIpc) is 2.99. The average molecular weight is 423 g/mol.